The maximum absolute atomic E-state index is 14.9. The van der Waals surface area contributed by atoms with Gasteiger partial charge in [0.05, 0.1) is 38.2 Å². The minimum Gasteiger partial charge on any atom is -0.497 e. The van der Waals surface area contributed by atoms with Crippen molar-refractivity contribution < 1.29 is 23.7 Å². The Balaban J connectivity index is 1.46. The summed E-state index contributed by atoms with van der Waals surface area (Å²) in [7, 11) is 2.61. The molecule has 5 rings (SSSR count). The smallest absolute Gasteiger partial charge is 0.376 e. The highest BCUT2D eigenvalue weighted by Crippen LogP contribution is 2.38. The molecular formula is C27H31BFN5O4. The van der Waals surface area contributed by atoms with E-state index in [0.29, 0.717) is 42.5 Å². The molecule has 0 bridgehead atoms. The fourth-order valence-electron chi connectivity index (χ4n) is 5.02. The van der Waals surface area contributed by atoms with Crippen molar-refractivity contribution in [1.82, 2.24) is 9.79 Å². The van der Waals surface area contributed by atoms with Gasteiger partial charge in [0.1, 0.15) is 23.1 Å². The van der Waals surface area contributed by atoms with Crippen LogP contribution in [0.2, 0.25) is 6.82 Å². The van der Waals surface area contributed by atoms with Crippen molar-refractivity contribution >= 4 is 30.3 Å². The molecule has 38 heavy (non-hydrogen) atoms. The molecule has 11 heteroatoms. The highest BCUT2D eigenvalue weighted by atomic mass is 19.1. The Morgan fingerprint density at radius 3 is 2.66 bits per heavy atom. The molecule has 0 aliphatic carbocycles. The highest BCUT2D eigenvalue weighted by Gasteiger charge is 2.43. The molecule has 0 saturated carbocycles. The zero-order valence-electron chi connectivity index (χ0n) is 21.9. The summed E-state index contributed by atoms with van der Waals surface area (Å²) >= 11 is 0. The molecule has 2 amide bonds. The minimum absolute atomic E-state index is 0.164. The van der Waals surface area contributed by atoms with Gasteiger partial charge in [0.15, 0.2) is 0 Å². The van der Waals surface area contributed by atoms with E-state index in [1.54, 1.807) is 51.2 Å². The molecule has 0 atom stereocenters. The summed E-state index contributed by atoms with van der Waals surface area (Å²) in [4.78, 5) is 23.5. The van der Waals surface area contributed by atoms with Gasteiger partial charge in [-0.3, -0.25) is 9.80 Å². The van der Waals surface area contributed by atoms with Gasteiger partial charge in [-0.2, -0.15) is 0 Å². The van der Waals surface area contributed by atoms with Gasteiger partial charge >= 0.3 is 13.1 Å². The van der Waals surface area contributed by atoms with Gasteiger partial charge in [-0.05, 0) is 37.5 Å². The molecular weight excluding hydrogens is 488 g/mol. The molecule has 3 aromatic rings. The fourth-order valence-corrected chi connectivity index (χ4v) is 5.02. The predicted molar refractivity (Wildman–Crippen MR) is 146 cm³/mol. The molecule has 1 aromatic heterocycles. The molecule has 198 valence electrons. The summed E-state index contributed by atoms with van der Waals surface area (Å²) in [6.07, 6.45) is 1.73. The number of rotatable bonds is 8. The quantitative estimate of drug-likeness (QED) is 0.437. The minimum atomic E-state index is -0.607. The fraction of sp³-hybridized carbons (Fsp3) is 0.333. The van der Waals surface area contributed by atoms with Crippen LogP contribution in [0, 0.1) is 12.7 Å². The van der Waals surface area contributed by atoms with Crippen LogP contribution in [0.1, 0.15) is 16.7 Å². The van der Waals surface area contributed by atoms with Crippen LogP contribution < -0.4 is 24.6 Å². The number of hydrogen-bond acceptors (Lipinski definition) is 7. The van der Waals surface area contributed by atoms with Crippen molar-refractivity contribution in [2.45, 2.75) is 32.9 Å². The number of para-hydroxylation sites is 1. The monoisotopic (exact) mass is 519 g/mol. The molecule has 1 saturated heterocycles. The lowest BCUT2D eigenvalue weighted by Gasteiger charge is -2.49. The number of fused-ring (bicyclic) bond motifs is 1. The van der Waals surface area contributed by atoms with Crippen molar-refractivity contribution in [2.24, 2.45) is 0 Å². The van der Waals surface area contributed by atoms with Crippen LogP contribution in [0.4, 0.5) is 26.4 Å². The van der Waals surface area contributed by atoms with Crippen molar-refractivity contribution in [3.05, 3.63) is 71.2 Å². The molecule has 2 aliphatic heterocycles. The maximum atomic E-state index is 14.9. The molecule has 1 fully saturated rings. The zero-order valence-corrected chi connectivity index (χ0v) is 21.9. The standard InChI is InChI=1S/C27H31BFN5O4/c1-17-6-5-7-22(29)26(17)33-14-19-13-31-25(30-12-18-8-9-21(37-3)10-24(18)38-4)11-23(19)34(27(33)35)20-15-32(16-20)28(2)36/h5-11,13,20,36H,12,14-16H2,1-4H3,(H,30,31). The van der Waals surface area contributed by atoms with Crippen molar-refractivity contribution in [2.75, 3.05) is 42.4 Å². The SMILES string of the molecule is COc1ccc(CNc2cc3c(cn2)CN(c2c(C)cccc2F)C(=O)N3C2CN(B(C)O)C2)c(OC)c1. The lowest BCUT2D eigenvalue weighted by atomic mass is 9.79. The summed E-state index contributed by atoms with van der Waals surface area (Å²) in [5.41, 5.74) is 3.42. The number of nitrogens with zero attached hydrogens (tertiary/aromatic N) is 4. The number of urea groups is 1. The Bertz CT molecular complexity index is 1330. The van der Waals surface area contributed by atoms with Crippen LogP contribution in [0.25, 0.3) is 0 Å². The number of benzene rings is 2. The summed E-state index contributed by atoms with van der Waals surface area (Å²) in [6.45, 7) is 5.19. The molecule has 2 aliphatic rings. The molecule has 2 N–H and O–H groups in total. The second-order valence-electron chi connectivity index (χ2n) is 9.61. The average molecular weight is 519 g/mol. The van der Waals surface area contributed by atoms with Gasteiger partial charge in [0, 0.05) is 49.1 Å². The van der Waals surface area contributed by atoms with E-state index in [0.717, 1.165) is 16.8 Å². The zero-order chi connectivity index (χ0) is 27.0. The van der Waals surface area contributed by atoms with E-state index in [-0.39, 0.29) is 24.3 Å². The second kappa shape index (κ2) is 10.5. The molecule has 0 unspecified atom stereocenters. The summed E-state index contributed by atoms with van der Waals surface area (Å²) in [5.74, 6) is 1.55. The average Bonchev–Trinajstić information content (AvgIpc) is 2.88. The molecule has 9 nitrogen and oxygen atoms in total. The molecule has 3 heterocycles. The molecule has 0 radical (unpaired) electrons. The largest absolute Gasteiger partial charge is 0.497 e. The Hall–Kier alpha value is -3.83. The maximum Gasteiger partial charge on any atom is 0.376 e. The highest BCUT2D eigenvalue weighted by molar-refractivity contribution is 6.45. The number of pyridine rings is 1. The third-order valence-corrected chi connectivity index (χ3v) is 7.18. The second-order valence-corrected chi connectivity index (χ2v) is 9.61. The van der Waals surface area contributed by atoms with Crippen molar-refractivity contribution in [3.63, 3.8) is 0 Å². The first kappa shape index (κ1) is 25.8. The Labute approximate surface area is 221 Å². The summed E-state index contributed by atoms with van der Waals surface area (Å²) in [5, 5.41) is 13.3. The van der Waals surface area contributed by atoms with Crippen LogP contribution >= 0.6 is 0 Å². The van der Waals surface area contributed by atoms with E-state index in [9.17, 15) is 14.2 Å². The van der Waals surface area contributed by atoms with Crippen LogP contribution in [-0.4, -0.2) is 61.3 Å². The summed E-state index contributed by atoms with van der Waals surface area (Å²) in [6, 6.07) is 11.8. The number of carbonyl (C=O) groups is 1. The number of aromatic nitrogens is 1. The van der Waals surface area contributed by atoms with Gasteiger partial charge in [0.25, 0.3) is 0 Å². The van der Waals surface area contributed by atoms with Gasteiger partial charge in [-0.1, -0.05) is 12.1 Å². The number of methoxy groups -OCH3 is 2. The van der Waals surface area contributed by atoms with E-state index in [1.165, 1.54) is 11.0 Å². The number of hydrogen-bond donors (Lipinski definition) is 2. The lowest BCUT2D eigenvalue weighted by molar-refractivity contribution is 0.210. The van der Waals surface area contributed by atoms with Crippen molar-refractivity contribution in [3.8, 4) is 11.5 Å². The number of ether oxygens (including phenoxy) is 2. The van der Waals surface area contributed by atoms with Gasteiger partial charge in [-0.15, -0.1) is 0 Å². The van der Waals surface area contributed by atoms with Gasteiger partial charge < -0.3 is 24.6 Å². The van der Waals surface area contributed by atoms with Gasteiger partial charge in [0.2, 0.25) is 0 Å². The number of amides is 2. The number of carbonyl (C=O) groups excluding carboxylic acids is 1. The lowest BCUT2D eigenvalue weighted by Crippen LogP contribution is -2.67. The Morgan fingerprint density at radius 2 is 1.97 bits per heavy atom. The first-order chi connectivity index (χ1) is 18.3. The third kappa shape index (κ3) is 4.75. The van der Waals surface area contributed by atoms with Crippen LogP contribution in [0.15, 0.2) is 48.7 Å². The predicted octanol–water partition coefficient (Wildman–Crippen LogP) is 3.90. The Morgan fingerprint density at radius 1 is 1.18 bits per heavy atom. The van der Waals surface area contributed by atoms with Crippen LogP contribution in [-0.2, 0) is 13.1 Å². The van der Waals surface area contributed by atoms with E-state index >= 15 is 0 Å². The van der Waals surface area contributed by atoms with Crippen LogP contribution in [0.5, 0.6) is 11.5 Å². The van der Waals surface area contributed by atoms with E-state index < -0.39 is 12.9 Å². The number of halogens is 1. The number of anilines is 3. The number of nitrogens with one attached hydrogen (secondary N) is 1. The first-order valence-corrected chi connectivity index (χ1v) is 12.5. The van der Waals surface area contributed by atoms with E-state index in [4.69, 9.17) is 9.47 Å². The first-order valence-electron chi connectivity index (χ1n) is 12.5. The van der Waals surface area contributed by atoms with Crippen molar-refractivity contribution in [1.29, 1.82) is 0 Å². The topological polar surface area (TPSA) is 90.4 Å². The number of aryl methyl sites for hydroxylation is 1. The summed E-state index contributed by atoms with van der Waals surface area (Å²) < 4.78 is 25.7. The van der Waals surface area contributed by atoms with Gasteiger partial charge in [-0.25, -0.2) is 14.2 Å². The van der Waals surface area contributed by atoms with E-state index in [2.05, 4.69) is 10.3 Å². The Kier molecular flexibility index (Phi) is 7.14. The third-order valence-electron chi connectivity index (χ3n) is 7.18. The van der Waals surface area contributed by atoms with E-state index in [1.807, 2.05) is 29.1 Å². The van der Waals surface area contributed by atoms with Crippen LogP contribution in [0.3, 0.4) is 0 Å². The molecule has 2 aromatic carbocycles. The molecule has 0 spiro atoms. The normalized spacial score (nSPS) is 15.7.